The van der Waals surface area contributed by atoms with Gasteiger partial charge in [0, 0.05) is 13.2 Å². The van der Waals surface area contributed by atoms with E-state index in [9.17, 15) is 0 Å². The highest BCUT2D eigenvalue weighted by Crippen LogP contribution is 2.10. The van der Waals surface area contributed by atoms with Crippen LogP contribution in [0.2, 0.25) is 0 Å². The molecule has 0 atom stereocenters. The summed E-state index contributed by atoms with van der Waals surface area (Å²) in [7, 11) is 0. The summed E-state index contributed by atoms with van der Waals surface area (Å²) in [4.78, 5) is 2.59. The molecule has 23 heavy (non-hydrogen) atoms. The van der Waals surface area contributed by atoms with Crippen molar-refractivity contribution in [2.45, 2.75) is 110 Å². The lowest BCUT2D eigenvalue weighted by Crippen LogP contribution is -2.27. The molecule has 140 valence electrons. The number of hydrogen-bond acceptors (Lipinski definition) is 2. The van der Waals surface area contributed by atoms with Crippen molar-refractivity contribution in [2.24, 2.45) is 0 Å². The summed E-state index contributed by atoms with van der Waals surface area (Å²) >= 11 is 0. The maximum Gasteiger partial charge on any atom is 0.0443 e. The van der Waals surface area contributed by atoms with E-state index in [0.717, 1.165) is 13.0 Å². The minimum absolute atomic E-state index is 0.338. The third kappa shape index (κ3) is 18.1. The summed E-state index contributed by atoms with van der Waals surface area (Å²) in [6.07, 6.45) is 20.4. The van der Waals surface area contributed by atoms with Crippen molar-refractivity contribution in [3.63, 3.8) is 0 Å². The normalized spacial score (nSPS) is 11.5. The highest BCUT2D eigenvalue weighted by atomic mass is 16.3. The molecule has 2 nitrogen and oxygen atoms in total. The van der Waals surface area contributed by atoms with Crippen LogP contribution in [0, 0.1) is 0 Å². The number of aliphatic hydroxyl groups is 1. The zero-order chi connectivity index (χ0) is 17.0. The molecule has 0 aliphatic heterocycles. The largest absolute Gasteiger partial charge is 0.396 e. The Labute approximate surface area is 147 Å². The van der Waals surface area contributed by atoms with E-state index in [0.29, 0.717) is 6.61 Å². The van der Waals surface area contributed by atoms with Crippen molar-refractivity contribution in [3.05, 3.63) is 0 Å². The molecule has 0 aliphatic rings. The second-order valence-electron chi connectivity index (χ2n) is 7.16. The van der Waals surface area contributed by atoms with Crippen LogP contribution in [0.15, 0.2) is 0 Å². The van der Waals surface area contributed by atoms with Gasteiger partial charge in [-0.15, -0.1) is 0 Å². The third-order valence-electron chi connectivity index (χ3n) is 4.79. The standard InChI is InChI=1S/C21H45NO/c1-3-5-7-9-11-13-15-18-22(20-17-21-23)19-16-14-12-10-8-6-4-2/h23H,3-21H2,1-2H3. The molecule has 0 heterocycles. The number of nitrogens with zero attached hydrogens (tertiary/aromatic N) is 1. The van der Waals surface area contributed by atoms with Crippen LogP contribution in [0.5, 0.6) is 0 Å². The van der Waals surface area contributed by atoms with E-state index in [2.05, 4.69) is 18.7 Å². The van der Waals surface area contributed by atoms with Crippen LogP contribution in [-0.4, -0.2) is 36.2 Å². The Kier molecular flexibility index (Phi) is 19.9. The molecule has 0 saturated heterocycles. The first kappa shape index (κ1) is 22.9. The van der Waals surface area contributed by atoms with Gasteiger partial charge in [-0.25, -0.2) is 0 Å². The van der Waals surface area contributed by atoms with Gasteiger partial charge in [0.25, 0.3) is 0 Å². The first-order valence-electron chi connectivity index (χ1n) is 10.7. The van der Waals surface area contributed by atoms with Gasteiger partial charge in [-0.1, -0.05) is 90.9 Å². The topological polar surface area (TPSA) is 23.5 Å². The fourth-order valence-corrected chi connectivity index (χ4v) is 3.21. The van der Waals surface area contributed by atoms with E-state index < -0.39 is 0 Å². The molecule has 0 rings (SSSR count). The van der Waals surface area contributed by atoms with Gasteiger partial charge in [-0.05, 0) is 32.4 Å². The Bertz CT molecular complexity index is 190. The summed E-state index contributed by atoms with van der Waals surface area (Å²) in [6, 6.07) is 0. The van der Waals surface area contributed by atoms with Crippen molar-refractivity contribution in [2.75, 3.05) is 26.2 Å². The lowest BCUT2D eigenvalue weighted by molar-refractivity contribution is 0.217. The number of unbranched alkanes of at least 4 members (excludes halogenated alkanes) is 12. The second kappa shape index (κ2) is 20.0. The highest BCUT2D eigenvalue weighted by Gasteiger charge is 2.04. The molecule has 0 spiro atoms. The minimum Gasteiger partial charge on any atom is -0.396 e. The lowest BCUT2D eigenvalue weighted by atomic mass is 10.1. The molecule has 0 aromatic heterocycles. The van der Waals surface area contributed by atoms with Gasteiger partial charge in [0.05, 0.1) is 0 Å². The average Bonchev–Trinajstić information content (AvgIpc) is 2.57. The summed E-state index contributed by atoms with van der Waals surface area (Å²) in [5, 5.41) is 9.07. The monoisotopic (exact) mass is 327 g/mol. The molecule has 0 aromatic carbocycles. The van der Waals surface area contributed by atoms with Crippen molar-refractivity contribution < 1.29 is 5.11 Å². The molecule has 0 fully saturated rings. The Hall–Kier alpha value is -0.0800. The molecular formula is C21H45NO. The zero-order valence-corrected chi connectivity index (χ0v) is 16.3. The van der Waals surface area contributed by atoms with Crippen LogP contribution in [0.4, 0.5) is 0 Å². The molecule has 0 aromatic rings. The van der Waals surface area contributed by atoms with Crippen molar-refractivity contribution in [1.82, 2.24) is 4.90 Å². The van der Waals surface area contributed by atoms with Crippen LogP contribution >= 0.6 is 0 Å². The Morgan fingerprint density at radius 1 is 0.478 bits per heavy atom. The van der Waals surface area contributed by atoms with Crippen LogP contribution in [0.25, 0.3) is 0 Å². The highest BCUT2D eigenvalue weighted by molar-refractivity contribution is 4.59. The number of aliphatic hydroxyl groups excluding tert-OH is 1. The molecule has 1 N–H and O–H groups in total. The second-order valence-corrected chi connectivity index (χ2v) is 7.16. The van der Waals surface area contributed by atoms with Crippen LogP contribution < -0.4 is 0 Å². The van der Waals surface area contributed by atoms with E-state index in [1.54, 1.807) is 0 Å². The van der Waals surface area contributed by atoms with Crippen molar-refractivity contribution in [1.29, 1.82) is 0 Å². The van der Waals surface area contributed by atoms with Gasteiger partial charge in [-0.3, -0.25) is 0 Å². The van der Waals surface area contributed by atoms with Crippen LogP contribution in [0.3, 0.4) is 0 Å². The van der Waals surface area contributed by atoms with E-state index in [4.69, 9.17) is 5.11 Å². The maximum atomic E-state index is 9.07. The Morgan fingerprint density at radius 3 is 1.22 bits per heavy atom. The molecule has 0 bridgehead atoms. The van der Waals surface area contributed by atoms with Crippen molar-refractivity contribution in [3.8, 4) is 0 Å². The number of rotatable bonds is 19. The van der Waals surface area contributed by atoms with Crippen LogP contribution in [-0.2, 0) is 0 Å². The summed E-state index contributed by atoms with van der Waals surface area (Å²) in [6.45, 7) is 8.46. The smallest absolute Gasteiger partial charge is 0.0443 e. The first-order chi connectivity index (χ1) is 11.3. The Morgan fingerprint density at radius 2 is 0.826 bits per heavy atom. The van der Waals surface area contributed by atoms with E-state index in [1.807, 2.05) is 0 Å². The van der Waals surface area contributed by atoms with Gasteiger partial charge in [0.15, 0.2) is 0 Å². The summed E-state index contributed by atoms with van der Waals surface area (Å²) in [5.74, 6) is 0. The molecule has 0 unspecified atom stereocenters. The van der Waals surface area contributed by atoms with E-state index in [-0.39, 0.29) is 0 Å². The molecular weight excluding hydrogens is 282 g/mol. The van der Waals surface area contributed by atoms with Gasteiger partial charge < -0.3 is 10.0 Å². The zero-order valence-electron chi connectivity index (χ0n) is 16.3. The van der Waals surface area contributed by atoms with E-state index >= 15 is 0 Å². The molecule has 0 saturated carbocycles. The van der Waals surface area contributed by atoms with Crippen LogP contribution in [0.1, 0.15) is 110 Å². The number of hydrogen-bond donors (Lipinski definition) is 1. The molecule has 0 aliphatic carbocycles. The molecule has 2 heteroatoms. The maximum absolute atomic E-state index is 9.07. The predicted molar refractivity (Wildman–Crippen MR) is 104 cm³/mol. The summed E-state index contributed by atoms with van der Waals surface area (Å²) in [5.41, 5.74) is 0. The first-order valence-corrected chi connectivity index (χ1v) is 10.7. The van der Waals surface area contributed by atoms with Gasteiger partial charge in [0.2, 0.25) is 0 Å². The minimum atomic E-state index is 0.338. The van der Waals surface area contributed by atoms with Gasteiger partial charge in [0.1, 0.15) is 0 Å². The quantitative estimate of drug-likeness (QED) is 0.287. The average molecular weight is 328 g/mol. The fraction of sp³-hybridized carbons (Fsp3) is 1.00. The van der Waals surface area contributed by atoms with E-state index in [1.165, 1.54) is 103 Å². The lowest BCUT2D eigenvalue weighted by Gasteiger charge is -2.22. The molecule has 0 radical (unpaired) electrons. The molecule has 0 amide bonds. The van der Waals surface area contributed by atoms with Gasteiger partial charge in [-0.2, -0.15) is 0 Å². The van der Waals surface area contributed by atoms with Gasteiger partial charge >= 0.3 is 0 Å². The van der Waals surface area contributed by atoms with Crippen molar-refractivity contribution >= 4 is 0 Å². The SMILES string of the molecule is CCCCCCCCCN(CCCO)CCCCCCCCC. The fourth-order valence-electron chi connectivity index (χ4n) is 3.21. The third-order valence-corrected chi connectivity index (χ3v) is 4.79. The Balaban J connectivity index is 3.56. The summed E-state index contributed by atoms with van der Waals surface area (Å²) < 4.78 is 0. The predicted octanol–water partition coefficient (Wildman–Crippen LogP) is 6.17.